The summed E-state index contributed by atoms with van der Waals surface area (Å²) < 4.78 is 0. The van der Waals surface area contributed by atoms with E-state index in [0.29, 0.717) is 5.91 Å². The van der Waals surface area contributed by atoms with Crippen molar-refractivity contribution in [3.63, 3.8) is 0 Å². The smallest absolute Gasteiger partial charge is 0.230 e. The lowest BCUT2D eigenvalue weighted by atomic mass is 9.81. The second kappa shape index (κ2) is 6.34. The minimum atomic E-state index is 0.0417. The SMILES string of the molecule is CN1C(=O)C(c2ccccc2)CC12CCN(Cc1cccs1)CC2. The second-order valence-electron chi connectivity index (χ2n) is 7.14. The molecule has 126 valence electrons. The summed E-state index contributed by atoms with van der Waals surface area (Å²) in [5.41, 5.74) is 1.23. The van der Waals surface area contributed by atoms with Gasteiger partial charge < -0.3 is 4.90 Å². The lowest BCUT2D eigenvalue weighted by Crippen LogP contribution is -2.51. The molecule has 1 aromatic carbocycles. The average molecular weight is 340 g/mol. The van der Waals surface area contributed by atoms with Crippen LogP contribution in [0.3, 0.4) is 0 Å². The molecule has 2 fully saturated rings. The number of likely N-dealkylation sites (N-methyl/N-ethyl adjacent to an activating group) is 1. The summed E-state index contributed by atoms with van der Waals surface area (Å²) in [5.74, 6) is 0.341. The molecule has 2 aromatic rings. The van der Waals surface area contributed by atoms with E-state index in [2.05, 4.69) is 39.4 Å². The average Bonchev–Trinajstić information content (AvgIpc) is 3.21. The standard InChI is InChI=1S/C20H24N2OS/c1-21-19(23)18(16-6-3-2-4-7-16)14-20(21)9-11-22(12-10-20)15-17-8-5-13-24-17/h2-8,13,18H,9-12,14-15H2,1H3. The van der Waals surface area contributed by atoms with Crippen molar-refractivity contribution in [2.24, 2.45) is 0 Å². The van der Waals surface area contributed by atoms with Crippen LogP contribution in [0.25, 0.3) is 0 Å². The highest BCUT2D eigenvalue weighted by Crippen LogP contribution is 2.44. The lowest BCUT2D eigenvalue weighted by Gasteiger charge is -2.43. The number of benzene rings is 1. The van der Waals surface area contributed by atoms with Crippen molar-refractivity contribution in [2.45, 2.75) is 37.3 Å². The van der Waals surface area contributed by atoms with E-state index >= 15 is 0 Å². The first-order valence-corrected chi connectivity index (χ1v) is 9.63. The molecule has 0 saturated carbocycles. The number of amides is 1. The highest BCUT2D eigenvalue weighted by molar-refractivity contribution is 7.09. The quantitative estimate of drug-likeness (QED) is 0.850. The second-order valence-corrected chi connectivity index (χ2v) is 8.18. The Morgan fingerprint density at radius 3 is 2.54 bits per heavy atom. The number of piperidine rings is 1. The van der Waals surface area contributed by atoms with Crippen LogP contribution >= 0.6 is 11.3 Å². The van der Waals surface area contributed by atoms with Crippen LogP contribution < -0.4 is 0 Å². The largest absolute Gasteiger partial charge is 0.339 e. The summed E-state index contributed by atoms with van der Waals surface area (Å²) in [5, 5.41) is 2.15. The molecule has 3 heterocycles. The molecular weight excluding hydrogens is 316 g/mol. The maximum atomic E-state index is 12.8. The number of thiophene rings is 1. The normalized spacial score (nSPS) is 24.0. The molecule has 2 aliphatic heterocycles. The van der Waals surface area contributed by atoms with E-state index in [1.807, 2.05) is 36.6 Å². The summed E-state index contributed by atoms with van der Waals surface area (Å²) in [6, 6.07) is 14.6. The summed E-state index contributed by atoms with van der Waals surface area (Å²) >= 11 is 1.83. The fourth-order valence-electron chi connectivity index (χ4n) is 4.31. The Hall–Kier alpha value is -1.65. The minimum absolute atomic E-state index is 0.0417. The van der Waals surface area contributed by atoms with Gasteiger partial charge in [-0.25, -0.2) is 0 Å². The zero-order valence-electron chi connectivity index (χ0n) is 14.1. The Kier molecular flexibility index (Phi) is 4.19. The van der Waals surface area contributed by atoms with Crippen molar-refractivity contribution in [3.05, 3.63) is 58.3 Å². The van der Waals surface area contributed by atoms with Crippen molar-refractivity contribution in [1.29, 1.82) is 0 Å². The van der Waals surface area contributed by atoms with Gasteiger partial charge in [0, 0.05) is 37.1 Å². The van der Waals surface area contributed by atoms with Gasteiger partial charge in [-0.05, 0) is 36.3 Å². The van der Waals surface area contributed by atoms with Crippen LogP contribution in [0.4, 0.5) is 0 Å². The zero-order valence-corrected chi connectivity index (χ0v) is 15.0. The zero-order chi connectivity index (χ0) is 16.6. The Labute approximate surface area is 147 Å². The monoisotopic (exact) mass is 340 g/mol. The highest BCUT2D eigenvalue weighted by atomic mass is 32.1. The number of carbonyl (C=O) groups is 1. The van der Waals surface area contributed by atoms with Gasteiger partial charge in [-0.1, -0.05) is 36.4 Å². The molecule has 1 amide bonds. The van der Waals surface area contributed by atoms with Crippen molar-refractivity contribution in [3.8, 4) is 0 Å². The van der Waals surface area contributed by atoms with E-state index in [9.17, 15) is 4.79 Å². The lowest BCUT2D eigenvalue weighted by molar-refractivity contribution is -0.131. The third-order valence-electron chi connectivity index (χ3n) is 5.87. The van der Waals surface area contributed by atoms with Crippen LogP contribution in [-0.2, 0) is 11.3 Å². The Morgan fingerprint density at radius 1 is 1.12 bits per heavy atom. The van der Waals surface area contributed by atoms with E-state index < -0.39 is 0 Å². The maximum Gasteiger partial charge on any atom is 0.230 e. The van der Waals surface area contributed by atoms with Gasteiger partial charge in [0.2, 0.25) is 5.91 Å². The van der Waals surface area contributed by atoms with Gasteiger partial charge in [0.15, 0.2) is 0 Å². The van der Waals surface area contributed by atoms with Crippen LogP contribution in [0, 0.1) is 0 Å². The molecule has 0 N–H and O–H groups in total. The number of hydrogen-bond acceptors (Lipinski definition) is 3. The van der Waals surface area contributed by atoms with Gasteiger partial charge >= 0.3 is 0 Å². The van der Waals surface area contributed by atoms with E-state index in [-0.39, 0.29) is 11.5 Å². The molecule has 3 nitrogen and oxygen atoms in total. The van der Waals surface area contributed by atoms with E-state index in [1.165, 1.54) is 10.4 Å². The fourth-order valence-corrected chi connectivity index (χ4v) is 5.05. The minimum Gasteiger partial charge on any atom is -0.339 e. The number of nitrogens with zero attached hydrogens (tertiary/aromatic N) is 2. The van der Waals surface area contributed by atoms with E-state index in [0.717, 1.165) is 38.9 Å². The fraction of sp³-hybridized carbons (Fsp3) is 0.450. The molecule has 1 aromatic heterocycles. The van der Waals surface area contributed by atoms with Gasteiger partial charge in [0.1, 0.15) is 0 Å². The first-order valence-electron chi connectivity index (χ1n) is 8.75. The molecule has 1 unspecified atom stereocenters. The van der Waals surface area contributed by atoms with Crippen LogP contribution in [0.2, 0.25) is 0 Å². The Balaban J connectivity index is 1.45. The maximum absolute atomic E-state index is 12.8. The van der Waals surface area contributed by atoms with Gasteiger partial charge in [0.25, 0.3) is 0 Å². The molecule has 0 bridgehead atoms. The summed E-state index contributed by atoms with van der Waals surface area (Å²) in [4.78, 5) is 18.9. The van der Waals surface area contributed by atoms with Crippen molar-refractivity contribution >= 4 is 17.2 Å². The summed E-state index contributed by atoms with van der Waals surface area (Å²) in [6.45, 7) is 3.21. The van der Waals surface area contributed by atoms with Crippen LogP contribution in [0.15, 0.2) is 47.8 Å². The Bertz CT molecular complexity index is 690. The molecule has 1 atom stereocenters. The number of carbonyl (C=O) groups excluding carboxylic acids is 1. The number of likely N-dealkylation sites (tertiary alicyclic amines) is 2. The number of rotatable bonds is 3. The van der Waals surface area contributed by atoms with Gasteiger partial charge in [0.05, 0.1) is 5.92 Å². The van der Waals surface area contributed by atoms with Gasteiger partial charge in [-0.15, -0.1) is 11.3 Å². The van der Waals surface area contributed by atoms with E-state index in [4.69, 9.17) is 0 Å². The Morgan fingerprint density at radius 2 is 1.88 bits per heavy atom. The third kappa shape index (κ3) is 2.78. The predicted octanol–water partition coefficient (Wildman–Crippen LogP) is 3.73. The molecule has 24 heavy (non-hydrogen) atoms. The molecule has 0 radical (unpaired) electrons. The van der Waals surface area contributed by atoms with Crippen LogP contribution in [-0.4, -0.2) is 41.4 Å². The van der Waals surface area contributed by atoms with Crippen molar-refractivity contribution in [2.75, 3.05) is 20.1 Å². The van der Waals surface area contributed by atoms with Crippen LogP contribution in [0.5, 0.6) is 0 Å². The highest BCUT2D eigenvalue weighted by Gasteiger charge is 2.50. The molecule has 4 rings (SSSR count). The van der Waals surface area contributed by atoms with Crippen molar-refractivity contribution in [1.82, 2.24) is 9.80 Å². The van der Waals surface area contributed by atoms with Crippen LogP contribution in [0.1, 0.15) is 35.6 Å². The first kappa shape index (κ1) is 15.9. The molecular formula is C20H24N2OS. The predicted molar refractivity (Wildman–Crippen MR) is 98.1 cm³/mol. The van der Waals surface area contributed by atoms with Gasteiger partial charge in [-0.3, -0.25) is 9.69 Å². The summed E-state index contributed by atoms with van der Waals surface area (Å²) in [7, 11) is 2.01. The number of hydrogen-bond donors (Lipinski definition) is 0. The topological polar surface area (TPSA) is 23.6 Å². The summed E-state index contributed by atoms with van der Waals surface area (Å²) in [6.07, 6.45) is 3.15. The first-order chi connectivity index (χ1) is 11.7. The van der Waals surface area contributed by atoms with Crippen molar-refractivity contribution < 1.29 is 4.79 Å². The molecule has 4 heteroatoms. The molecule has 2 saturated heterocycles. The molecule has 2 aliphatic rings. The molecule has 0 aliphatic carbocycles. The van der Waals surface area contributed by atoms with Gasteiger partial charge in [-0.2, -0.15) is 0 Å². The van der Waals surface area contributed by atoms with E-state index in [1.54, 1.807) is 0 Å². The molecule has 1 spiro atoms. The third-order valence-corrected chi connectivity index (χ3v) is 6.73.